The van der Waals surface area contributed by atoms with Crippen molar-refractivity contribution in [2.75, 3.05) is 19.8 Å². The van der Waals surface area contributed by atoms with Crippen LogP contribution in [0.1, 0.15) is 16.0 Å². The quantitative estimate of drug-likeness (QED) is 0.898. The Balaban J connectivity index is 1.76. The molecular weight excluding hydrogens is 332 g/mol. The molecule has 23 heavy (non-hydrogen) atoms. The maximum atomic E-state index is 6.45. The summed E-state index contributed by atoms with van der Waals surface area (Å²) in [6, 6.07) is 10.1. The number of hydroxylamine groups is 1. The van der Waals surface area contributed by atoms with E-state index < -0.39 is 0 Å². The van der Waals surface area contributed by atoms with Gasteiger partial charge in [0.05, 0.1) is 5.02 Å². The summed E-state index contributed by atoms with van der Waals surface area (Å²) in [6.07, 6.45) is 1.04. The predicted octanol–water partition coefficient (Wildman–Crippen LogP) is 3.64. The van der Waals surface area contributed by atoms with Gasteiger partial charge in [-0.15, -0.1) is 11.3 Å². The van der Waals surface area contributed by atoms with Crippen molar-refractivity contribution < 1.29 is 9.57 Å². The Morgan fingerprint density at radius 3 is 2.96 bits per heavy atom. The lowest BCUT2D eigenvalue weighted by Gasteiger charge is -2.34. The zero-order valence-electron chi connectivity index (χ0n) is 12.5. The molecule has 2 aliphatic heterocycles. The second-order valence-electron chi connectivity index (χ2n) is 5.50. The second-order valence-corrected chi connectivity index (χ2v) is 6.91. The fourth-order valence-electron chi connectivity index (χ4n) is 2.98. The summed E-state index contributed by atoms with van der Waals surface area (Å²) in [6.45, 7) is 2.86. The number of nitrogens with one attached hydrogen (secondary N) is 1. The predicted molar refractivity (Wildman–Crippen MR) is 91.8 cm³/mol. The van der Waals surface area contributed by atoms with Gasteiger partial charge in [-0.05, 0) is 29.5 Å². The molecule has 4 nitrogen and oxygen atoms in total. The van der Waals surface area contributed by atoms with Crippen LogP contribution in [0.15, 0.2) is 41.6 Å². The van der Waals surface area contributed by atoms with Crippen molar-refractivity contribution in [3.63, 3.8) is 0 Å². The fourth-order valence-corrected chi connectivity index (χ4v) is 4.09. The van der Waals surface area contributed by atoms with Gasteiger partial charge in [0, 0.05) is 23.5 Å². The van der Waals surface area contributed by atoms with Crippen molar-refractivity contribution in [2.45, 2.75) is 13.0 Å². The number of benzene rings is 1. The molecule has 1 fully saturated rings. The maximum Gasteiger partial charge on any atom is 0.236 e. The van der Waals surface area contributed by atoms with Crippen LogP contribution in [0.25, 0.3) is 5.70 Å². The summed E-state index contributed by atoms with van der Waals surface area (Å²) in [4.78, 5) is 9.15. The molecule has 3 heterocycles. The highest BCUT2D eigenvalue weighted by atomic mass is 35.5. The minimum Gasteiger partial charge on any atom is -0.474 e. The Hall–Kier alpha value is -1.69. The summed E-state index contributed by atoms with van der Waals surface area (Å²) in [5.74, 6) is 0.642. The number of hydrogen-bond donors (Lipinski definition) is 1. The van der Waals surface area contributed by atoms with Gasteiger partial charge < -0.3 is 9.64 Å². The van der Waals surface area contributed by atoms with Gasteiger partial charge in [0.2, 0.25) is 5.88 Å². The lowest BCUT2D eigenvalue weighted by molar-refractivity contribution is -0.0577. The number of nitrogens with zero attached hydrogens (tertiary/aromatic N) is 1. The first-order chi connectivity index (χ1) is 11.3. The minimum absolute atomic E-state index is 0.536. The normalized spacial score (nSPS) is 19.6. The summed E-state index contributed by atoms with van der Waals surface area (Å²) in [5.41, 5.74) is 6.22. The molecule has 2 aromatic rings. The standard InChI is InChI=1S/C17H17ClN2O2S/c18-14-4-2-1-3-13(14)16(17-19-22-9-8-21-17)20-7-5-15-12(11-20)6-10-23-15/h1-4,6,10,19H,5,7-9,11H2. The Bertz CT molecular complexity index is 736. The third kappa shape index (κ3) is 2.92. The third-order valence-corrected chi connectivity index (χ3v) is 5.42. The van der Waals surface area contributed by atoms with E-state index in [0.29, 0.717) is 24.1 Å². The monoisotopic (exact) mass is 348 g/mol. The van der Waals surface area contributed by atoms with Crippen LogP contribution in [0.3, 0.4) is 0 Å². The van der Waals surface area contributed by atoms with Crippen molar-refractivity contribution in [1.29, 1.82) is 0 Å². The van der Waals surface area contributed by atoms with Crippen LogP contribution in [0, 0.1) is 0 Å². The van der Waals surface area contributed by atoms with Crippen molar-refractivity contribution in [2.24, 2.45) is 0 Å². The van der Waals surface area contributed by atoms with E-state index in [-0.39, 0.29) is 0 Å². The van der Waals surface area contributed by atoms with E-state index in [9.17, 15) is 0 Å². The fraction of sp³-hybridized carbons (Fsp3) is 0.294. The van der Waals surface area contributed by atoms with Crippen LogP contribution in [0.2, 0.25) is 5.02 Å². The van der Waals surface area contributed by atoms with Gasteiger partial charge in [0.25, 0.3) is 0 Å². The molecule has 1 aromatic carbocycles. The van der Waals surface area contributed by atoms with Crippen molar-refractivity contribution in [3.8, 4) is 0 Å². The molecule has 0 spiro atoms. The van der Waals surface area contributed by atoms with E-state index >= 15 is 0 Å². The zero-order chi connectivity index (χ0) is 15.6. The van der Waals surface area contributed by atoms with E-state index in [4.69, 9.17) is 21.2 Å². The topological polar surface area (TPSA) is 33.7 Å². The Labute approximate surface area is 144 Å². The number of ether oxygens (including phenoxy) is 1. The number of hydrogen-bond acceptors (Lipinski definition) is 5. The van der Waals surface area contributed by atoms with E-state index in [2.05, 4.69) is 21.8 Å². The molecule has 0 aliphatic carbocycles. The molecule has 4 rings (SSSR count). The van der Waals surface area contributed by atoms with Crippen LogP contribution in [-0.4, -0.2) is 24.7 Å². The minimum atomic E-state index is 0.536. The maximum absolute atomic E-state index is 6.45. The first-order valence-corrected chi connectivity index (χ1v) is 8.88. The van der Waals surface area contributed by atoms with E-state index in [1.54, 1.807) is 0 Å². The van der Waals surface area contributed by atoms with Gasteiger partial charge in [-0.2, -0.15) is 0 Å². The van der Waals surface area contributed by atoms with Crippen LogP contribution in [0.5, 0.6) is 0 Å². The molecule has 0 unspecified atom stereocenters. The highest BCUT2D eigenvalue weighted by Crippen LogP contribution is 2.34. The van der Waals surface area contributed by atoms with Crippen LogP contribution in [0.4, 0.5) is 0 Å². The lowest BCUT2D eigenvalue weighted by atomic mass is 10.1. The van der Waals surface area contributed by atoms with E-state index in [1.807, 2.05) is 35.6 Å². The highest BCUT2D eigenvalue weighted by Gasteiger charge is 2.26. The Kier molecular flexibility index (Phi) is 4.16. The summed E-state index contributed by atoms with van der Waals surface area (Å²) in [7, 11) is 0. The number of rotatable bonds is 2. The van der Waals surface area contributed by atoms with Gasteiger partial charge in [-0.25, -0.2) is 5.48 Å². The molecule has 0 radical (unpaired) electrons. The average molecular weight is 349 g/mol. The second kappa shape index (κ2) is 6.43. The zero-order valence-corrected chi connectivity index (χ0v) is 14.1. The van der Waals surface area contributed by atoms with E-state index in [1.165, 1.54) is 10.4 Å². The SMILES string of the molecule is Clc1ccccc1C(=C1NOCCO1)N1CCc2sccc2C1. The van der Waals surface area contributed by atoms with Crippen LogP contribution in [-0.2, 0) is 22.5 Å². The summed E-state index contributed by atoms with van der Waals surface area (Å²) in [5, 5.41) is 2.87. The third-order valence-electron chi connectivity index (χ3n) is 4.06. The Morgan fingerprint density at radius 2 is 2.13 bits per heavy atom. The number of fused-ring (bicyclic) bond motifs is 1. The number of halogens is 1. The highest BCUT2D eigenvalue weighted by molar-refractivity contribution is 7.10. The smallest absolute Gasteiger partial charge is 0.236 e. The molecule has 1 aromatic heterocycles. The molecule has 0 amide bonds. The average Bonchev–Trinajstić information content (AvgIpc) is 3.06. The first kappa shape index (κ1) is 14.9. The largest absolute Gasteiger partial charge is 0.474 e. The van der Waals surface area contributed by atoms with Gasteiger partial charge in [0.1, 0.15) is 18.9 Å². The molecule has 0 atom stereocenters. The van der Waals surface area contributed by atoms with Gasteiger partial charge in [0.15, 0.2) is 0 Å². The molecule has 6 heteroatoms. The molecule has 120 valence electrons. The van der Waals surface area contributed by atoms with Crippen molar-refractivity contribution in [3.05, 3.63) is 62.6 Å². The molecule has 2 aliphatic rings. The molecular formula is C17H17ClN2O2S. The van der Waals surface area contributed by atoms with E-state index in [0.717, 1.165) is 30.8 Å². The number of thiophene rings is 1. The van der Waals surface area contributed by atoms with Gasteiger partial charge in [-0.3, -0.25) is 4.84 Å². The van der Waals surface area contributed by atoms with Crippen LogP contribution < -0.4 is 5.48 Å². The summed E-state index contributed by atoms with van der Waals surface area (Å²) >= 11 is 8.29. The van der Waals surface area contributed by atoms with Crippen LogP contribution >= 0.6 is 22.9 Å². The molecule has 0 bridgehead atoms. The molecule has 1 saturated heterocycles. The van der Waals surface area contributed by atoms with Crippen molar-refractivity contribution in [1.82, 2.24) is 10.4 Å². The lowest BCUT2D eigenvalue weighted by Crippen LogP contribution is -2.34. The first-order valence-electron chi connectivity index (χ1n) is 7.63. The van der Waals surface area contributed by atoms with Crippen molar-refractivity contribution >= 4 is 28.6 Å². The Morgan fingerprint density at radius 1 is 1.22 bits per heavy atom. The van der Waals surface area contributed by atoms with Gasteiger partial charge in [-0.1, -0.05) is 29.8 Å². The summed E-state index contributed by atoms with van der Waals surface area (Å²) < 4.78 is 5.82. The van der Waals surface area contributed by atoms with Gasteiger partial charge >= 0.3 is 0 Å². The molecule has 0 saturated carbocycles. The molecule has 1 N–H and O–H groups in total.